The highest BCUT2D eigenvalue weighted by Gasteiger charge is 2.23. The number of aromatic nitrogens is 3. The van der Waals surface area contributed by atoms with E-state index in [4.69, 9.17) is 16.0 Å². The highest BCUT2D eigenvalue weighted by atomic mass is 35.5. The number of carbonyl (C=O) groups is 1. The number of nitrogens with zero attached hydrogens (tertiary/aromatic N) is 4. The van der Waals surface area contributed by atoms with E-state index in [9.17, 15) is 9.59 Å². The number of nitrogens with one attached hydrogen (secondary N) is 1. The second kappa shape index (κ2) is 8.16. The zero-order chi connectivity index (χ0) is 21.4. The van der Waals surface area contributed by atoms with E-state index >= 15 is 0 Å². The molecule has 0 bridgehead atoms. The van der Waals surface area contributed by atoms with Crippen molar-refractivity contribution in [2.24, 2.45) is 0 Å². The van der Waals surface area contributed by atoms with Gasteiger partial charge >= 0.3 is 0 Å². The van der Waals surface area contributed by atoms with Gasteiger partial charge in [0.15, 0.2) is 16.4 Å². The van der Waals surface area contributed by atoms with Gasteiger partial charge in [-0.1, -0.05) is 29.0 Å². The van der Waals surface area contributed by atoms with Crippen LogP contribution in [-0.4, -0.2) is 33.8 Å². The Hall–Kier alpha value is -3.17. The summed E-state index contributed by atoms with van der Waals surface area (Å²) in [6.45, 7) is 1.57. The SMILES string of the molecule is O=C(Cn1nc(-c2ccco2)c2sc(N3CCCC3)nc2c1=O)Nc1cccc(Cl)c1. The second-order valence-corrected chi connectivity index (χ2v) is 8.63. The number of halogens is 1. The lowest BCUT2D eigenvalue weighted by atomic mass is 10.3. The molecular formula is C21H18ClN5O3S. The van der Waals surface area contributed by atoms with Gasteiger partial charge < -0.3 is 14.6 Å². The standard InChI is InChI=1S/C21H18ClN5O3S/c22-13-5-3-6-14(11-13)23-16(28)12-27-20(29)18-19(17(25-27)15-7-4-10-30-15)31-21(24-18)26-8-1-2-9-26/h3-7,10-11H,1-2,8-9,12H2,(H,23,28). The summed E-state index contributed by atoms with van der Waals surface area (Å²) < 4.78 is 7.34. The van der Waals surface area contributed by atoms with Crippen molar-refractivity contribution < 1.29 is 9.21 Å². The first-order valence-electron chi connectivity index (χ1n) is 9.84. The van der Waals surface area contributed by atoms with Crippen molar-refractivity contribution in [1.82, 2.24) is 14.8 Å². The topological polar surface area (TPSA) is 93.3 Å². The molecule has 10 heteroatoms. The molecule has 1 aliphatic rings. The van der Waals surface area contributed by atoms with E-state index in [2.05, 4.69) is 20.3 Å². The molecule has 31 heavy (non-hydrogen) atoms. The fourth-order valence-electron chi connectivity index (χ4n) is 3.58. The van der Waals surface area contributed by atoms with Crippen LogP contribution in [0.25, 0.3) is 21.7 Å². The number of carbonyl (C=O) groups excluding carboxylic acids is 1. The summed E-state index contributed by atoms with van der Waals surface area (Å²) in [6, 6.07) is 10.3. The summed E-state index contributed by atoms with van der Waals surface area (Å²) in [5, 5.41) is 8.49. The lowest BCUT2D eigenvalue weighted by molar-refractivity contribution is -0.117. The van der Waals surface area contributed by atoms with Gasteiger partial charge in [0, 0.05) is 23.8 Å². The predicted molar refractivity (Wildman–Crippen MR) is 121 cm³/mol. The summed E-state index contributed by atoms with van der Waals surface area (Å²) in [6.07, 6.45) is 3.76. The fraction of sp³-hybridized carbons (Fsp3) is 0.238. The zero-order valence-electron chi connectivity index (χ0n) is 16.4. The average molecular weight is 456 g/mol. The first-order valence-corrected chi connectivity index (χ1v) is 11.0. The molecule has 1 aromatic carbocycles. The van der Waals surface area contributed by atoms with Crippen LogP contribution in [0.3, 0.4) is 0 Å². The maximum Gasteiger partial charge on any atom is 0.294 e. The van der Waals surface area contributed by atoms with Crippen LogP contribution in [0.15, 0.2) is 51.9 Å². The Morgan fingerprint density at radius 3 is 2.81 bits per heavy atom. The Balaban J connectivity index is 1.54. The summed E-state index contributed by atoms with van der Waals surface area (Å²) in [4.78, 5) is 32.5. The minimum absolute atomic E-state index is 0.258. The monoisotopic (exact) mass is 455 g/mol. The summed E-state index contributed by atoms with van der Waals surface area (Å²) in [7, 11) is 0. The van der Waals surface area contributed by atoms with E-state index in [0.717, 1.165) is 35.7 Å². The van der Waals surface area contributed by atoms with Crippen molar-refractivity contribution in [3.63, 3.8) is 0 Å². The van der Waals surface area contributed by atoms with Crippen molar-refractivity contribution in [2.45, 2.75) is 19.4 Å². The van der Waals surface area contributed by atoms with E-state index in [-0.39, 0.29) is 6.54 Å². The van der Waals surface area contributed by atoms with E-state index in [1.807, 2.05) is 0 Å². The van der Waals surface area contributed by atoms with Gasteiger partial charge in [0.1, 0.15) is 12.2 Å². The van der Waals surface area contributed by atoms with Crippen LogP contribution in [0.1, 0.15) is 12.8 Å². The summed E-state index contributed by atoms with van der Waals surface area (Å²) >= 11 is 7.40. The molecule has 4 aromatic rings. The van der Waals surface area contributed by atoms with Gasteiger partial charge in [-0.15, -0.1) is 0 Å². The normalized spacial score (nSPS) is 13.8. The Labute approximate surface area is 186 Å². The number of rotatable bonds is 5. The molecule has 1 fully saturated rings. The minimum atomic E-state index is -0.409. The predicted octanol–water partition coefficient (Wildman–Crippen LogP) is 4.01. The van der Waals surface area contributed by atoms with E-state index in [1.165, 1.54) is 11.3 Å². The van der Waals surface area contributed by atoms with Gasteiger partial charge in [0.05, 0.1) is 11.0 Å². The molecule has 0 unspecified atom stereocenters. The molecule has 1 N–H and O–H groups in total. The third kappa shape index (κ3) is 3.94. The molecule has 0 atom stereocenters. The molecule has 5 rings (SSSR count). The van der Waals surface area contributed by atoms with Crippen LogP contribution in [-0.2, 0) is 11.3 Å². The largest absolute Gasteiger partial charge is 0.463 e. The van der Waals surface area contributed by atoms with E-state index in [0.29, 0.717) is 32.4 Å². The number of thiazole rings is 1. The fourth-order valence-corrected chi connectivity index (χ4v) is 4.87. The number of benzene rings is 1. The lowest BCUT2D eigenvalue weighted by Gasteiger charge is -2.11. The number of hydrogen-bond donors (Lipinski definition) is 1. The van der Waals surface area contributed by atoms with E-state index in [1.54, 1.807) is 42.7 Å². The zero-order valence-corrected chi connectivity index (χ0v) is 17.9. The minimum Gasteiger partial charge on any atom is -0.463 e. The Morgan fingerprint density at radius 1 is 1.23 bits per heavy atom. The highest BCUT2D eigenvalue weighted by Crippen LogP contribution is 2.35. The van der Waals surface area contributed by atoms with Crippen LogP contribution in [0.2, 0.25) is 5.02 Å². The number of anilines is 2. The maximum atomic E-state index is 13.1. The Kier molecular flexibility index (Phi) is 5.21. The molecule has 8 nitrogen and oxygen atoms in total. The molecule has 4 heterocycles. The molecule has 3 aromatic heterocycles. The summed E-state index contributed by atoms with van der Waals surface area (Å²) in [5.41, 5.74) is 0.929. The molecule has 0 aliphatic carbocycles. The van der Waals surface area contributed by atoms with E-state index < -0.39 is 11.5 Å². The van der Waals surface area contributed by atoms with Crippen molar-refractivity contribution >= 4 is 49.9 Å². The Morgan fingerprint density at radius 2 is 2.06 bits per heavy atom. The highest BCUT2D eigenvalue weighted by molar-refractivity contribution is 7.22. The molecule has 0 saturated carbocycles. The molecule has 0 radical (unpaired) electrons. The van der Waals surface area contributed by atoms with Gasteiger partial charge in [-0.25, -0.2) is 9.67 Å². The Bertz CT molecular complexity index is 1310. The van der Waals surface area contributed by atoms with Crippen molar-refractivity contribution in [2.75, 3.05) is 23.3 Å². The van der Waals surface area contributed by atoms with Gasteiger partial charge in [-0.2, -0.15) is 5.10 Å². The second-order valence-electron chi connectivity index (χ2n) is 7.22. The van der Waals surface area contributed by atoms with Gasteiger partial charge in [-0.05, 0) is 43.2 Å². The molecule has 1 amide bonds. The van der Waals surface area contributed by atoms with Crippen LogP contribution in [0.5, 0.6) is 0 Å². The first kappa shape index (κ1) is 19.8. The van der Waals surface area contributed by atoms with Crippen LogP contribution >= 0.6 is 22.9 Å². The summed E-state index contributed by atoms with van der Waals surface area (Å²) in [5.74, 6) is 0.127. The van der Waals surface area contributed by atoms with Crippen LogP contribution in [0.4, 0.5) is 10.8 Å². The molecule has 1 aliphatic heterocycles. The lowest BCUT2D eigenvalue weighted by Crippen LogP contribution is -2.30. The molecule has 158 valence electrons. The quantitative estimate of drug-likeness (QED) is 0.488. The average Bonchev–Trinajstić information content (AvgIpc) is 3.51. The van der Waals surface area contributed by atoms with Gasteiger partial charge in [0.2, 0.25) is 5.91 Å². The van der Waals surface area contributed by atoms with Crippen molar-refractivity contribution in [3.05, 3.63) is 58.0 Å². The third-order valence-corrected chi connectivity index (χ3v) is 6.38. The smallest absolute Gasteiger partial charge is 0.294 e. The first-order chi connectivity index (χ1) is 15.1. The van der Waals surface area contributed by atoms with Gasteiger partial charge in [-0.3, -0.25) is 9.59 Å². The number of amides is 1. The molecule has 1 saturated heterocycles. The van der Waals surface area contributed by atoms with Crippen LogP contribution in [0, 0.1) is 0 Å². The van der Waals surface area contributed by atoms with Crippen molar-refractivity contribution in [1.29, 1.82) is 0 Å². The molecule has 0 spiro atoms. The number of fused-ring (bicyclic) bond motifs is 1. The number of furan rings is 1. The third-order valence-electron chi connectivity index (χ3n) is 5.02. The number of hydrogen-bond acceptors (Lipinski definition) is 7. The maximum absolute atomic E-state index is 13.1. The van der Waals surface area contributed by atoms with Gasteiger partial charge in [0.25, 0.3) is 5.56 Å². The van der Waals surface area contributed by atoms with Crippen LogP contribution < -0.4 is 15.8 Å². The molecular weight excluding hydrogens is 438 g/mol. The van der Waals surface area contributed by atoms with Crippen molar-refractivity contribution in [3.8, 4) is 11.5 Å².